The number of rotatable bonds is 7. The largest absolute Gasteiger partial charge is 0.465 e. The molecule has 6 nitrogen and oxygen atoms in total. The van der Waals surface area contributed by atoms with Gasteiger partial charge in [-0.05, 0) is 46.5 Å². The summed E-state index contributed by atoms with van der Waals surface area (Å²) in [7, 11) is 1.32. The van der Waals surface area contributed by atoms with Crippen molar-refractivity contribution in [3.8, 4) is 0 Å². The van der Waals surface area contributed by atoms with Crippen LogP contribution in [0.3, 0.4) is 0 Å². The molecule has 0 atom stereocenters. The van der Waals surface area contributed by atoms with Crippen LogP contribution in [0.1, 0.15) is 29.6 Å². The summed E-state index contributed by atoms with van der Waals surface area (Å²) in [5.74, 6) is 0.219. The predicted molar refractivity (Wildman–Crippen MR) is 96.6 cm³/mol. The van der Waals surface area contributed by atoms with Crippen LogP contribution in [-0.4, -0.2) is 29.6 Å². The second-order valence-electron chi connectivity index (χ2n) is 5.86. The number of esters is 1. The monoisotopic (exact) mass is 408 g/mol. The van der Waals surface area contributed by atoms with Gasteiger partial charge in [-0.15, -0.1) is 0 Å². The zero-order valence-corrected chi connectivity index (χ0v) is 15.3. The molecule has 0 unspecified atom stereocenters. The van der Waals surface area contributed by atoms with Gasteiger partial charge in [-0.25, -0.2) is 14.2 Å². The minimum atomic E-state index is -0.493. The van der Waals surface area contributed by atoms with E-state index in [4.69, 9.17) is 4.74 Å². The van der Waals surface area contributed by atoms with E-state index in [1.54, 1.807) is 18.2 Å². The van der Waals surface area contributed by atoms with Crippen LogP contribution >= 0.6 is 15.9 Å². The summed E-state index contributed by atoms with van der Waals surface area (Å²) in [6.07, 6.45) is 4.65. The molecule has 0 radical (unpaired) electrons. The van der Waals surface area contributed by atoms with Crippen LogP contribution in [0, 0.1) is 11.7 Å². The number of anilines is 3. The first-order valence-electron chi connectivity index (χ1n) is 7.98. The van der Waals surface area contributed by atoms with Crippen LogP contribution < -0.4 is 10.6 Å². The summed E-state index contributed by atoms with van der Waals surface area (Å²) in [6, 6.07) is 5.08. The molecule has 1 aliphatic carbocycles. The number of hydrogen-bond acceptors (Lipinski definition) is 6. The minimum absolute atomic E-state index is 0.170. The number of benzene rings is 1. The second-order valence-corrected chi connectivity index (χ2v) is 6.71. The molecule has 1 aromatic carbocycles. The Balaban J connectivity index is 1.72. The van der Waals surface area contributed by atoms with Crippen molar-refractivity contribution >= 4 is 39.4 Å². The summed E-state index contributed by atoms with van der Waals surface area (Å²) >= 11 is 3.30. The number of ether oxygens (including phenoxy) is 1. The molecule has 25 heavy (non-hydrogen) atoms. The maximum absolute atomic E-state index is 13.8. The molecule has 1 aliphatic rings. The van der Waals surface area contributed by atoms with Crippen molar-refractivity contribution in [2.24, 2.45) is 5.92 Å². The van der Waals surface area contributed by atoms with Crippen molar-refractivity contribution in [1.29, 1.82) is 0 Å². The first kappa shape index (κ1) is 17.6. The Hall–Kier alpha value is -2.22. The highest BCUT2D eigenvalue weighted by atomic mass is 79.9. The molecule has 0 bridgehead atoms. The lowest BCUT2D eigenvalue weighted by atomic mass is 10.2. The molecular formula is C17H18BrFN4O2. The van der Waals surface area contributed by atoms with Crippen LogP contribution in [0.25, 0.3) is 0 Å². The van der Waals surface area contributed by atoms with Gasteiger partial charge in [0, 0.05) is 16.7 Å². The van der Waals surface area contributed by atoms with Crippen molar-refractivity contribution < 1.29 is 13.9 Å². The van der Waals surface area contributed by atoms with Crippen molar-refractivity contribution in [2.45, 2.75) is 19.3 Å². The molecule has 3 rings (SSSR count). The quantitative estimate of drug-likeness (QED) is 0.671. The number of carbonyl (C=O) groups excluding carboxylic acids is 1. The zero-order valence-electron chi connectivity index (χ0n) is 13.7. The number of carbonyl (C=O) groups is 1. The number of methoxy groups -OCH3 is 1. The Morgan fingerprint density at radius 1 is 1.44 bits per heavy atom. The van der Waals surface area contributed by atoms with Crippen LogP contribution in [0.4, 0.5) is 21.8 Å². The number of hydrogen-bond donors (Lipinski definition) is 2. The Morgan fingerprint density at radius 2 is 2.24 bits per heavy atom. The van der Waals surface area contributed by atoms with E-state index in [-0.39, 0.29) is 11.8 Å². The second kappa shape index (κ2) is 7.77. The van der Waals surface area contributed by atoms with Gasteiger partial charge in [0.2, 0.25) is 5.95 Å². The summed E-state index contributed by atoms with van der Waals surface area (Å²) < 4.78 is 19.2. The highest BCUT2D eigenvalue weighted by Crippen LogP contribution is 2.32. The Morgan fingerprint density at radius 3 is 2.96 bits per heavy atom. The summed E-state index contributed by atoms with van der Waals surface area (Å²) in [5, 5.41) is 5.98. The van der Waals surface area contributed by atoms with Crippen molar-refractivity contribution in [1.82, 2.24) is 9.97 Å². The fourth-order valence-corrected chi connectivity index (χ4v) is 2.76. The van der Waals surface area contributed by atoms with Gasteiger partial charge in [-0.3, -0.25) is 0 Å². The topological polar surface area (TPSA) is 76.1 Å². The number of nitrogens with one attached hydrogen (secondary N) is 2. The first-order valence-corrected chi connectivity index (χ1v) is 8.77. The Bertz CT molecular complexity index is 783. The van der Waals surface area contributed by atoms with Crippen LogP contribution in [0.15, 0.2) is 28.9 Å². The minimum Gasteiger partial charge on any atom is -0.465 e. The predicted octanol–water partition coefficient (Wildman–Crippen LogP) is 4.12. The molecule has 2 N–H and O–H groups in total. The summed E-state index contributed by atoms with van der Waals surface area (Å²) in [5.41, 5.74) is 0.969. The maximum Gasteiger partial charge on any atom is 0.339 e. The van der Waals surface area contributed by atoms with Gasteiger partial charge in [0.05, 0.1) is 18.9 Å². The number of nitrogens with zero attached hydrogens (tertiary/aromatic N) is 2. The Kier molecular flexibility index (Phi) is 5.47. The third-order valence-electron chi connectivity index (χ3n) is 3.91. The molecule has 2 aromatic rings. The smallest absolute Gasteiger partial charge is 0.339 e. The van der Waals surface area contributed by atoms with E-state index in [0.29, 0.717) is 22.3 Å². The average molecular weight is 409 g/mol. The van der Waals surface area contributed by atoms with E-state index < -0.39 is 11.8 Å². The lowest BCUT2D eigenvalue weighted by Crippen LogP contribution is -2.09. The van der Waals surface area contributed by atoms with E-state index in [0.717, 1.165) is 18.5 Å². The number of aromatic nitrogens is 2. The fourth-order valence-electron chi connectivity index (χ4n) is 2.35. The lowest BCUT2D eigenvalue weighted by Gasteiger charge is -2.10. The van der Waals surface area contributed by atoms with Crippen LogP contribution in [0.5, 0.6) is 0 Å². The third-order valence-corrected chi connectivity index (χ3v) is 4.61. The van der Waals surface area contributed by atoms with Crippen LogP contribution in [0.2, 0.25) is 0 Å². The van der Waals surface area contributed by atoms with Crippen LogP contribution in [-0.2, 0) is 4.74 Å². The fraction of sp³-hybridized carbons (Fsp3) is 0.353. The summed E-state index contributed by atoms with van der Waals surface area (Å²) in [4.78, 5) is 19.9. The van der Waals surface area contributed by atoms with E-state index in [9.17, 15) is 9.18 Å². The van der Waals surface area contributed by atoms with Crippen molar-refractivity contribution in [3.05, 3.63) is 40.2 Å². The van der Waals surface area contributed by atoms with E-state index >= 15 is 0 Å². The standard InChI is InChI=1S/C17H18BrFN4O2/c1-25-16(24)12-8-11(4-5-13(12)18)22-17-21-9-14(19)15(23-17)20-7-6-10-2-3-10/h4-5,8-10H,2-3,6-7H2,1H3,(H2,20,21,22,23). The molecule has 1 aromatic heterocycles. The molecule has 8 heteroatoms. The van der Waals surface area contributed by atoms with Gasteiger partial charge in [0.15, 0.2) is 11.6 Å². The van der Waals surface area contributed by atoms with E-state index in [1.807, 2.05) is 0 Å². The Labute approximate surface area is 153 Å². The van der Waals surface area contributed by atoms with Gasteiger partial charge in [0.1, 0.15) is 0 Å². The molecule has 0 spiro atoms. The highest BCUT2D eigenvalue weighted by molar-refractivity contribution is 9.10. The SMILES string of the molecule is COC(=O)c1cc(Nc2ncc(F)c(NCCC3CC3)n2)ccc1Br. The summed E-state index contributed by atoms with van der Waals surface area (Å²) in [6.45, 7) is 0.683. The zero-order chi connectivity index (χ0) is 17.8. The first-order chi connectivity index (χ1) is 12.1. The molecule has 0 saturated heterocycles. The molecule has 0 amide bonds. The van der Waals surface area contributed by atoms with E-state index in [2.05, 4.69) is 36.5 Å². The lowest BCUT2D eigenvalue weighted by molar-refractivity contribution is 0.0599. The van der Waals surface area contributed by atoms with Gasteiger partial charge < -0.3 is 15.4 Å². The third kappa shape index (κ3) is 4.66. The molecule has 1 saturated carbocycles. The van der Waals surface area contributed by atoms with Gasteiger partial charge >= 0.3 is 5.97 Å². The van der Waals surface area contributed by atoms with Crippen molar-refractivity contribution in [2.75, 3.05) is 24.3 Å². The van der Waals surface area contributed by atoms with Gasteiger partial charge in [-0.1, -0.05) is 12.8 Å². The molecule has 1 heterocycles. The molecular weight excluding hydrogens is 391 g/mol. The highest BCUT2D eigenvalue weighted by Gasteiger charge is 2.20. The van der Waals surface area contributed by atoms with Crippen molar-refractivity contribution in [3.63, 3.8) is 0 Å². The van der Waals surface area contributed by atoms with Gasteiger partial charge in [0.25, 0.3) is 0 Å². The maximum atomic E-state index is 13.8. The molecule has 1 fully saturated rings. The van der Waals surface area contributed by atoms with E-state index in [1.165, 1.54) is 20.0 Å². The molecule has 132 valence electrons. The van der Waals surface area contributed by atoms with Gasteiger partial charge in [-0.2, -0.15) is 4.98 Å². The number of halogens is 2. The molecule has 0 aliphatic heterocycles. The average Bonchev–Trinajstić information content (AvgIpc) is 3.43. The normalized spacial score (nSPS) is 13.4.